The van der Waals surface area contributed by atoms with Gasteiger partial charge in [-0.15, -0.1) is 0 Å². The molecule has 1 atom stereocenters. The van der Waals surface area contributed by atoms with Gasteiger partial charge in [0, 0.05) is 0 Å². The zero-order chi connectivity index (χ0) is 11.4. The summed E-state index contributed by atoms with van der Waals surface area (Å²) in [6, 6.07) is 4.23. The van der Waals surface area contributed by atoms with Crippen LogP contribution < -0.4 is 5.73 Å². The van der Waals surface area contributed by atoms with Gasteiger partial charge in [0.1, 0.15) is 5.82 Å². The third-order valence-corrected chi connectivity index (χ3v) is 2.29. The molecular formula is C11H15ClFNO. The van der Waals surface area contributed by atoms with E-state index in [1.54, 1.807) is 6.07 Å². The fourth-order valence-electron chi connectivity index (χ4n) is 1.14. The molecule has 4 heteroatoms. The van der Waals surface area contributed by atoms with Crippen molar-refractivity contribution in [2.24, 2.45) is 5.73 Å². The summed E-state index contributed by atoms with van der Waals surface area (Å²) in [4.78, 5) is 0. The highest BCUT2D eigenvalue weighted by Gasteiger charge is 2.09. The number of hydrogen-bond acceptors (Lipinski definition) is 2. The zero-order valence-electron chi connectivity index (χ0n) is 8.84. The molecular weight excluding hydrogens is 217 g/mol. The Morgan fingerprint density at radius 3 is 2.67 bits per heavy atom. The van der Waals surface area contributed by atoms with E-state index in [0.717, 1.165) is 0 Å². The van der Waals surface area contributed by atoms with Gasteiger partial charge in [-0.25, -0.2) is 4.39 Å². The molecule has 0 spiro atoms. The molecule has 0 heterocycles. The normalized spacial score (nSPS) is 13.2. The van der Waals surface area contributed by atoms with Crippen molar-refractivity contribution in [1.82, 2.24) is 0 Å². The van der Waals surface area contributed by atoms with E-state index in [2.05, 4.69) is 0 Å². The number of halogens is 2. The average Bonchev–Trinajstić information content (AvgIpc) is 2.18. The van der Waals surface area contributed by atoms with E-state index in [4.69, 9.17) is 22.1 Å². The summed E-state index contributed by atoms with van der Waals surface area (Å²) in [6.07, 6.45) is 0.119. The average molecular weight is 232 g/mol. The molecule has 2 N–H and O–H groups in total. The molecule has 0 saturated heterocycles. The summed E-state index contributed by atoms with van der Waals surface area (Å²) in [6.45, 7) is 4.23. The van der Waals surface area contributed by atoms with Crippen molar-refractivity contribution in [2.75, 3.05) is 6.61 Å². The number of nitrogens with two attached hydrogens (primary N) is 1. The highest BCUT2D eigenvalue weighted by Crippen LogP contribution is 2.19. The van der Waals surface area contributed by atoms with Crippen LogP contribution in [0.5, 0.6) is 0 Å². The SMILES string of the molecule is CC(C)OCC(N)c1ccc(Cl)c(F)c1. The standard InChI is InChI=1S/C11H15ClFNO/c1-7(2)15-6-11(14)8-3-4-9(12)10(13)5-8/h3-5,7,11H,6,14H2,1-2H3. The van der Waals surface area contributed by atoms with Crippen molar-refractivity contribution in [3.8, 4) is 0 Å². The van der Waals surface area contributed by atoms with Crippen LogP contribution in [0.3, 0.4) is 0 Å². The second-order valence-electron chi connectivity index (χ2n) is 3.66. The first-order valence-corrected chi connectivity index (χ1v) is 5.20. The molecule has 0 fully saturated rings. The maximum Gasteiger partial charge on any atom is 0.142 e. The minimum absolute atomic E-state index is 0.107. The second kappa shape index (κ2) is 5.45. The van der Waals surface area contributed by atoms with E-state index in [-0.39, 0.29) is 17.2 Å². The molecule has 0 aromatic heterocycles. The molecule has 0 radical (unpaired) electrons. The summed E-state index contributed by atoms with van der Waals surface area (Å²) in [7, 11) is 0. The van der Waals surface area contributed by atoms with Gasteiger partial charge >= 0.3 is 0 Å². The van der Waals surface area contributed by atoms with Gasteiger partial charge in [0.25, 0.3) is 0 Å². The number of ether oxygens (including phenoxy) is 1. The van der Waals surface area contributed by atoms with Gasteiger partial charge in [-0.1, -0.05) is 17.7 Å². The summed E-state index contributed by atoms with van der Waals surface area (Å²) in [5, 5.41) is 0.107. The monoisotopic (exact) mass is 231 g/mol. The fourth-order valence-corrected chi connectivity index (χ4v) is 1.25. The summed E-state index contributed by atoms with van der Waals surface area (Å²) in [5.74, 6) is -0.450. The highest BCUT2D eigenvalue weighted by molar-refractivity contribution is 6.30. The van der Waals surface area contributed by atoms with Crippen LogP contribution in [0.25, 0.3) is 0 Å². The maximum atomic E-state index is 13.1. The molecule has 84 valence electrons. The van der Waals surface area contributed by atoms with Crippen molar-refractivity contribution >= 4 is 11.6 Å². The Morgan fingerprint density at radius 1 is 1.47 bits per heavy atom. The molecule has 0 aliphatic heterocycles. The Balaban J connectivity index is 2.65. The molecule has 0 amide bonds. The van der Waals surface area contributed by atoms with Gasteiger partial charge in [0.15, 0.2) is 0 Å². The van der Waals surface area contributed by atoms with Crippen LogP contribution in [0.15, 0.2) is 18.2 Å². The van der Waals surface area contributed by atoms with E-state index in [0.29, 0.717) is 12.2 Å². The third kappa shape index (κ3) is 3.78. The smallest absolute Gasteiger partial charge is 0.142 e. The van der Waals surface area contributed by atoms with Crippen molar-refractivity contribution in [2.45, 2.75) is 26.0 Å². The fraction of sp³-hybridized carbons (Fsp3) is 0.455. The lowest BCUT2D eigenvalue weighted by molar-refractivity contribution is 0.0682. The number of hydrogen-bond donors (Lipinski definition) is 1. The van der Waals surface area contributed by atoms with E-state index in [9.17, 15) is 4.39 Å². The topological polar surface area (TPSA) is 35.2 Å². The minimum Gasteiger partial charge on any atom is -0.377 e. The van der Waals surface area contributed by atoms with E-state index >= 15 is 0 Å². The van der Waals surface area contributed by atoms with Gasteiger partial charge in [-0.3, -0.25) is 0 Å². The molecule has 1 aromatic rings. The Bertz CT molecular complexity index is 330. The maximum absolute atomic E-state index is 13.1. The van der Waals surface area contributed by atoms with Crippen molar-refractivity contribution in [3.63, 3.8) is 0 Å². The lowest BCUT2D eigenvalue weighted by atomic mass is 10.1. The molecule has 1 aromatic carbocycles. The van der Waals surface area contributed by atoms with Crippen molar-refractivity contribution in [1.29, 1.82) is 0 Å². The quantitative estimate of drug-likeness (QED) is 0.865. The Morgan fingerprint density at radius 2 is 2.13 bits per heavy atom. The molecule has 0 bridgehead atoms. The zero-order valence-corrected chi connectivity index (χ0v) is 9.59. The predicted molar refractivity (Wildman–Crippen MR) is 59.4 cm³/mol. The van der Waals surface area contributed by atoms with Crippen LogP contribution in [-0.4, -0.2) is 12.7 Å². The Hall–Kier alpha value is -0.640. The van der Waals surface area contributed by atoms with Crippen LogP contribution in [0, 0.1) is 5.82 Å². The van der Waals surface area contributed by atoms with Crippen LogP contribution in [0.4, 0.5) is 4.39 Å². The van der Waals surface area contributed by atoms with Gasteiger partial charge in [-0.2, -0.15) is 0 Å². The summed E-state index contributed by atoms with van der Waals surface area (Å²) < 4.78 is 18.5. The van der Waals surface area contributed by atoms with E-state index < -0.39 is 5.82 Å². The number of benzene rings is 1. The van der Waals surface area contributed by atoms with Gasteiger partial charge in [0.2, 0.25) is 0 Å². The summed E-state index contributed by atoms with van der Waals surface area (Å²) >= 11 is 5.57. The molecule has 0 saturated carbocycles. The Kier molecular flexibility index (Phi) is 4.51. The van der Waals surface area contributed by atoms with E-state index in [1.807, 2.05) is 13.8 Å². The third-order valence-electron chi connectivity index (χ3n) is 1.98. The van der Waals surface area contributed by atoms with Crippen LogP contribution in [0.1, 0.15) is 25.5 Å². The Labute approximate surface area is 94.2 Å². The largest absolute Gasteiger partial charge is 0.377 e. The lowest BCUT2D eigenvalue weighted by Gasteiger charge is -2.14. The first kappa shape index (κ1) is 12.4. The van der Waals surface area contributed by atoms with Crippen LogP contribution in [0.2, 0.25) is 5.02 Å². The molecule has 0 aliphatic rings. The molecule has 1 unspecified atom stereocenters. The van der Waals surface area contributed by atoms with Crippen molar-refractivity contribution < 1.29 is 9.13 Å². The number of rotatable bonds is 4. The van der Waals surface area contributed by atoms with Crippen LogP contribution in [-0.2, 0) is 4.74 Å². The van der Waals surface area contributed by atoms with E-state index in [1.165, 1.54) is 12.1 Å². The van der Waals surface area contributed by atoms with Crippen molar-refractivity contribution in [3.05, 3.63) is 34.6 Å². The first-order valence-electron chi connectivity index (χ1n) is 4.83. The van der Waals surface area contributed by atoms with Crippen LogP contribution >= 0.6 is 11.6 Å². The van der Waals surface area contributed by atoms with Gasteiger partial charge in [0.05, 0.1) is 23.8 Å². The highest BCUT2D eigenvalue weighted by atomic mass is 35.5. The van der Waals surface area contributed by atoms with Gasteiger partial charge in [-0.05, 0) is 31.5 Å². The lowest BCUT2D eigenvalue weighted by Crippen LogP contribution is -2.19. The molecule has 2 nitrogen and oxygen atoms in total. The minimum atomic E-state index is -0.450. The molecule has 15 heavy (non-hydrogen) atoms. The van der Waals surface area contributed by atoms with Gasteiger partial charge < -0.3 is 10.5 Å². The molecule has 1 rings (SSSR count). The second-order valence-corrected chi connectivity index (χ2v) is 4.07. The predicted octanol–water partition coefficient (Wildman–Crippen LogP) is 2.90. The summed E-state index contributed by atoms with van der Waals surface area (Å²) in [5.41, 5.74) is 6.52. The molecule has 0 aliphatic carbocycles. The first-order chi connectivity index (χ1) is 7.00.